The van der Waals surface area contributed by atoms with Gasteiger partial charge in [-0.15, -0.1) is 0 Å². The van der Waals surface area contributed by atoms with Crippen LogP contribution in [0.3, 0.4) is 0 Å². The zero-order valence-electron chi connectivity index (χ0n) is 17.8. The summed E-state index contributed by atoms with van der Waals surface area (Å²) >= 11 is 0. The molecule has 0 aliphatic carbocycles. The van der Waals surface area contributed by atoms with Crippen molar-refractivity contribution in [3.63, 3.8) is 0 Å². The van der Waals surface area contributed by atoms with Crippen LogP contribution in [0.15, 0.2) is 53.4 Å². The van der Waals surface area contributed by atoms with Crippen LogP contribution in [-0.4, -0.2) is 51.4 Å². The van der Waals surface area contributed by atoms with E-state index < -0.39 is 21.7 Å². The molecule has 2 aromatic carbocycles. The van der Waals surface area contributed by atoms with E-state index in [1.165, 1.54) is 10.4 Å². The van der Waals surface area contributed by atoms with Crippen molar-refractivity contribution in [1.82, 2.24) is 9.62 Å². The Balaban J connectivity index is 2.02. The van der Waals surface area contributed by atoms with E-state index in [2.05, 4.69) is 17.1 Å². The van der Waals surface area contributed by atoms with Crippen molar-refractivity contribution in [3.8, 4) is 0 Å². The molecule has 6 nitrogen and oxygen atoms in total. The monoisotopic (exact) mass is 435 g/mol. The highest BCUT2D eigenvalue weighted by molar-refractivity contribution is 7.89. The van der Waals surface area contributed by atoms with Gasteiger partial charge in [-0.2, -0.15) is 4.31 Å². The molecular formula is C22H30FN3O3S. The summed E-state index contributed by atoms with van der Waals surface area (Å²) in [5.41, 5.74) is 0.838. The second kappa shape index (κ2) is 11.1. The standard InChI is InChI=1S/C22H30FN3O3S/c1-4-25(18-11-8-7-9-12-18)16-10-15-24-22(27)20-17-19(13-14-21(20)23)30(28,29)26(5-2)6-3/h7-9,11-14,17H,4-6,10,15-16H2,1-3H3,(H,24,27). The molecule has 0 heterocycles. The van der Waals surface area contributed by atoms with E-state index in [-0.39, 0.29) is 10.5 Å². The Labute approximate surface area is 178 Å². The average Bonchev–Trinajstić information content (AvgIpc) is 2.75. The number of hydrogen-bond acceptors (Lipinski definition) is 4. The van der Waals surface area contributed by atoms with Gasteiger partial charge >= 0.3 is 0 Å². The number of benzene rings is 2. The molecule has 30 heavy (non-hydrogen) atoms. The van der Waals surface area contributed by atoms with Crippen LogP contribution in [0.1, 0.15) is 37.6 Å². The minimum atomic E-state index is -3.76. The number of carbonyl (C=O) groups is 1. The molecule has 8 heteroatoms. The summed E-state index contributed by atoms with van der Waals surface area (Å²) in [6.07, 6.45) is 0.674. The molecule has 2 aromatic rings. The second-order valence-corrected chi connectivity index (χ2v) is 8.69. The average molecular weight is 436 g/mol. The maximum Gasteiger partial charge on any atom is 0.254 e. The number of nitrogens with one attached hydrogen (secondary N) is 1. The van der Waals surface area contributed by atoms with Crippen molar-refractivity contribution in [2.24, 2.45) is 0 Å². The highest BCUT2D eigenvalue weighted by Gasteiger charge is 2.24. The Morgan fingerprint density at radius 2 is 1.67 bits per heavy atom. The molecule has 0 bridgehead atoms. The normalized spacial score (nSPS) is 11.5. The molecule has 2 rings (SSSR count). The third-order valence-corrected chi connectivity index (χ3v) is 6.96. The number of rotatable bonds is 11. The highest BCUT2D eigenvalue weighted by Crippen LogP contribution is 2.19. The Kier molecular flexibility index (Phi) is 8.80. The van der Waals surface area contributed by atoms with E-state index in [0.717, 1.165) is 30.9 Å². The Morgan fingerprint density at radius 3 is 2.27 bits per heavy atom. The summed E-state index contributed by atoms with van der Waals surface area (Å²) < 4.78 is 40.8. The molecule has 1 N–H and O–H groups in total. The summed E-state index contributed by atoms with van der Waals surface area (Å²) in [4.78, 5) is 14.6. The molecular weight excluding hydrogens is 405 g/mol. The van der Waals surface area contributed by atoms with Crippen LogP contribution < -0.4 is 10.2 Å². The molecule has 1 amide bonds. The van der Waals surface area contributed by atoms with E-state index in [9.17, 15) is 17.6 Å². The summed E-state index contributed by atoms with van der Waals surface area (Å²) in [6.45, 7) is 8.04. The number of hydrogen-bond donors (Lipinski definition) is 1. The zero-order valence-corrected chi connectivity index (χ0v) is 18.6. The Morgan fingerprint density at radius 1 is 1.00 bits per heavy atom. The molecule has 0 unspecified atom stereocenters. The molecule has 164 valence electrons. The van der Waals surface area contributed by atoms with E-state index in [4.69, 9.17) is 0 Å². The van der Waals surface area contributed by atoms with Gasteiger partial charge < -0.3 is 10.2 Å². The lowest BCUT2D eigenvalue weighted by Crippen LogP contribution is -2.32. The smallest absolute Gasteiger partial charge is 0.254 e. The second-order valence-electron chi connectivity index (χ2n) is 6.76. The van der Waals surface area contributed by atoms with Crippen molar-refractivity contribution in [2.45, 2.75) is 32.1 Å². The van der Waals surface area contributed by atoms with Gasteiger partial charge in [0.1, 0.15) is 5.82 Å². The van der Waals surface area contributed by atoms with Crippen molar-refractivity contribution < 1.29 is 17.6 Å². The summed E-state index contributed by atoms with van der Waals surface area (Å²) in [7, 11) is -3.76. The SMILES string of the molecule is CCN(CCCNC(=O)c1cc(S(=O)(=O)N(CC)CC)ccc1F)c1ccccc1. The van der Waals surface area contributed by atoms with E-state index >= 15 is 0 Å². The molecule has 0 fully saturated rings. The van der Waals surface area contributed by atoms with Crippen LogP contribution >= 0.6 is 0 Å². The van der Waals surface area contributed by atoms with Crippen molar-refractivity contribution in [3.05, 3.63) is 59.9 Å². The van der Waals surface area contributed by atoms with Crippen LogP contribution in [0.5, 0.6) is 0 Å². The first kappa shape index (κ1) is 23.8. The predicted octanol–water partition coefficient (Wildman–Crippen LogP) is 3.50. The molecule has 0 aliphatic rings. The first-order valence-corrected chi connectivity index (χ1v) is 11.7. The Bertz CT molecular complexity index is 932. The minimum Gasteiger partial charge on any atom is -0.372 e. The lowest BCUT2D eigenvalue weighted by atomic mass is 10.2. The quantitative estimate of drug-likeness (QED) is 0.549. The van der Waals surface area contributed by atoms with E-state index in [1.54, 1.807) is 13.8 Å². The lowest BCUT2D eigenvalue weighted by molar-refractivity contribution is 0.0949. The first-order chi connectivity index (χ1) is 14.3. The van der Waals surface area contributed by atoms with Gasteiger partial charge in [0.25, 0.3) is 5.91 Å². The maximum absolute atomic E-state index is 14.2. The molecule has 0 spiro atoms. The molecule has 0 atom stereocenters. The van der Waals surface area contributed by atoms with Gasteiger partial charge in [0.05, 0.1) is 10.5 Å². The fourth-order valence-electron chi connectivity index (χ4n) is 3.23. The predicted molar refractivity (Wildman–Crippen MR) is 118 cm³/mol. The molecule has 0 aromatic heterocycles. The molecule has 0 saturated carbocycles. The van der Waals surface area contributed by atoms with Crippen molar-refractivity contribution in [1.29, 1.82) is 0 Å². The van der Waals surface area contributed by atoms with Gasteiger partial charge in [0.15, 0.2) is 0 Å². The third-order valence-electron chi connectivity index (χ3n) is 4.92. The molecule has 0 radical (unpaired) electrons. The number of nitrogens with zero attached hydrogens (tertiary/aromatic N) is 2. The van der Waals surface area contributed by atoms with E-state index in [1.807, 2.05) is 30.3 Å². The van der Waals surface area contributed by atoms with Crippen molar-refractivity contribution in [2.75, 3.05) is 37.6 Å². The van der Waals surface area contributed by atoms with Gasteiger partial charge in [-0.25, -0.2) is 12.8 Å². The van der Waals surface area contributed by atoms with Gasteiger partial charge in [0.2, 0.25) is 10.0 Å². The third kappa shape index (κ3) is 5.79. The topological polar surface area (TPSA) is 69.7 Å². The van der Waals surface area contributed by atoms with Crippen LogP contribution in [0.2, 0.25) is 0 Å². The largest absolute Gasteiger partial charge is 0.372 e. The van der Waals surface area contributed by atoms with Crippen LogP contribution in [0.4, 0.5) is 10.1 Å². The fraction of sp³-hybridized carbons (Fsp3) is 0.409. The van der Waals surface area contributed by atoms with Gasteiger partial charge in [-0.3, -0.25) is 4.79 Å². The molecule has 0 aliphatic heterocycles. The van der Waals surface area contributed by atoms with E-state index in [0.29, 0.717) is 26.1 Å². The highest BCUT2D eigenvalue weighted by atomic mass is 32.2. The number of sulfonamides is 1. The van der Waals surface area contributed by atoms with Gasteiger partial charge in [-0.1, -0.05) is 32.0 Å². The number of halogens is 1. The first-order valence-electron chi connectivity index (χ1n) is 10.2. The van der Waals surface area contributed by atoms with Gasteiger partial charge in [-0.05, 0) is 43.7 Å². The van der Waals surface area contributed by atoms with Crippen LogP contribution in [0.25, 0.3) is 0 Å². The molecule has 0 saturated heterocycles. The number of amides is 1. The fourth-order valence-corrected chi connectivity index (χ4v) is 4.71. The summed E-state index contributed by atoms with van der Waals surface area (Å²) in [6, 6.07) is 13.3. The number of para-hydroxylation sites is 1. The summed E-state index contributed by atoms with van der Waals surface area (Å²) in [5.74, 6) is -1.36. The van der Waals surface area contributed by atoms with Gasteiger partial charge in [0, 0.05) is 38.4 Å². The minimum absolute atomic E-state index is 0.0843. The Hall–Kier alpha value is -2.45. The summed E-state index contributed by atoms with van der Waals surface area (Å²) in [5, 5.41) is 2.69. The van der Waals surface area contributed by atoms with Crippen LogP contribution in [0, 0.1) is 5.82 Å². The number of carbonyl (C=O) groups excluding carboxylic acids is 1. The van der Waals surface area contributed by atoms with Crippen LogP contribution in [-0.2, 0) is 10.0 Å². The lowest BCUT2D eigenvalue weighted by Gasteiger charge is -2.23. The zero-order chi connectivity index (χ0) is 22.1. The maximum atomic E-state index is 14.2. The van der Waals surface area contributed by atoms with Crippen molar-refractivity contribution >= 4 is 21.6 Å². The number of anilines is 1.